The highest BCUT2D eigenvalue weighted by atomic mass is 31.0. The van der Waals surface area contributed by atoms with Crippen LogP contribution in [-0.4, -0.2) is 27.3 Å². The van der Waals surface area contributed by atoms with Gasteiger partial charge in [0.2, 0.25) is 0 Å². The second-order valence-electron chi connectivity index (χ2n) is 5.42. The maximum Gasteiger partial charge on any atom is 0.338 e. The van der Waals surface area contributed by atoms with Crippen molar-refractivity contribution in [3.8, 4) is 5.69 Å². The van der Waals surface area contributed by atoms with Gasteiger partial charge in [-0.05, 0) is 31.2 Å². The van der Waals surface area contributed by atoms with Gasteiger partial charge in [-0.2, -0.15) is 4.44 Å². The van der Waals surface area contributed by atoms with Crippen molar-refractivity contribution in [2.24, 2.45) is 0 Å². The van der Waals surface area contributed by atoms with Gasteiger partial charge in [0.05, 0.1) is 26.2 Å². The fraction of sp³-hybridized carbons (Fsp3) is 0.429. The van der Waals surface area contributed by atoms with Gasteiger partial charge in [-0.1, -0.05) is 26.0 Å². The Labute approximate surface area is 120 Å². The Morgan fingerprint density at radius 2 is 1.95 bits per heavy atom. The average molecular weight is 291 g/mol. The molecule has 0 bridgehead atoms. The van der Waals surface area contributed by atoms with Crippen LogP contribution >= 0.6 is 8.35 Å². The molecule has 20 heavy (non-hydrogen) atoms. The summed E-state index contributed by atoms with van der Waals surface area (Å²) in [5, 5.41) is 8.37. The van der Waals surface area contributed by atoms with Crippen molar-refractivity contribution < 1.29 is 9.53 Å². The Balaban J connectivity index is 2.22. The van der Waals surface area contributed by atoms with Gasteiger partial charge in [-0.3, -0.25) is 0 Å². The highest BCUT2D eigenvalue weighted by molar-refractivity contribution is 7.27. The molecule has 2 rings (SSSR count). The zero-order chi connectivity index (χ0) is 14.8. The predicted octanol–water partition coefficient (Wildman–Crippen LogP) is 3.32. The van der Waals surface area contributed by atoms with Crippen molar-refractivity contribution in [2.45, 2.75) is 33.1 Å². The van der Waals surface area contributed by atoms with Crippen molar-refractivity contribution in [3.63, 3.8) is 0 Å². The lowest BCUT2D eigenvalue weighted by molar-refractivity contribution is 0.0526. The van der Waals surface area contributed by atoms with E-state index in [0.29, 0.717) is 12.2 Å². The topological polar surface area (TPSA) is 57.0 Å². The largest absolute Gasteiger partial charge is 0.462 e. The third-order valence-corrected chi connectivity index (χ3v) is 4.14. The molecule has 5 nitrogen and oxygen atoms in total. The van der Waals surface area contributed by atoms with Gasteiger partial charge in [0, 0.05) is 5.41 Å². The quantitative estimate of drug-likeness (QED) is 0.814. The van der Waals surface area contributed by atoms with Crippen LogP contribution in [-0.2, 0) is 10.2 Å². The molecule has 0 aliphatic heterocycles. The summed E-state index contributed by atoms with van der Waals surface area (Å²) >= 11 is 0. The summed E-state index contributed by atoms with van der Waals surface area (Å²) in [6, 6.07) is 7.19. The van der Waals surface area contributed by atoms with E-state index in [0.717, 1.165) is 19.5 Å². The molecule has 0 atom stereocenters. The van der Waals surface area contributed by atoms with E-state index in [1.807, 2.05) is 12.1 Å². The minimum absolute atomic E-state index is 0.00464. The molecule has 106 valence electrons. The van der Waals surface area contributed by atoms with Crippen molar-refractivity contribution in [1.29, 1.82) is 0 Å². The van der Waals surface area contributed by atoms with E-state index in [1.54, 1.807) is 23.5 Å². The minimum Gasteiger partial charge on any atom is -0.462 e. The van der Waals surface area contributed by atoms with Crippen LogP contribution in [0.5, 0.6) is 0 Å². The van der Waals surface area contributed by atoms with Gasteiger partial charge in [0.25, 0.3) is 0 Å². The van der Waals surface area contributed by atoms with Crippen LogP contribution < -0.4 is 0 Å². The molecule has 1 heterocycles. The summed E-state index contributed by atoms with van der Waals surface area (Å²) in [7, 11) is 0.954. The number of carbonyl (C=O) groups excluding carboxylic acids is 1. The van der Waals surface area contributed by atoms with Gasteiger partial charge >= 0.3 is 5.97 Å². The molecule has 0 saturated carbocycles. The molecule has 2 aromatic rings. The third-order valence-electron chi connectivity index (χ3n) is 2.69. The monoisotopic (exact) mass is 291 g/mol. The number of nitrogens with zero attached hydrogens (tertiary/aromatic N) is 3. The Morgan fingerprint density at radius 1 is 1.30 bits per heavy atom. The Bertz CT molecular complexity index is 600. The highest BCUT2D eigenvalue weighted by Gasteiger charge is 2.19. The molecule has 1 aromatic carbocycles. The van der Waals surface area contributed by atoms with Crippen LogP contribution in [0.15, 0.2) is 24.3 Å². The normalized spacial score (nSPS) is 11.8. The minimum atomic E-state index is -0.304. The van der Waals surface area contributed by atoms with Gasteiger partial charge in [0.15, 0.2) is 0 Å². The average Bonchev–Trinajstić information content (AvgIpc) is 2.89. The second kappa shape index (κ2) is 5.71. The van der Waals surface area contributed by atoms with Crippen LogP contribution in [0.2, 0.25) is 0 Å². The molecule has 0 aliphatic carbocycles. The van der Waals surface area contributed by atoms with E-state index in [2.05, 4.69) is 31.1 Å². The predicted molar refractivity (Wildman–Crippen MR) is 78.5 cm³/mol. The summed E-state index contributed by atoms with van der Waals surface area (Å²) in [5.74, 6) is -0.304. The standard InChI is InChI=1S/C14H18N3O2P/c1-5-19-12(18)10-6-8-11(9-7-10)17-16-15-13(20-17)14(2,3)4/h6-9H,5H2,1-4H3. The summed E-state index contributed by atoms with van der Waals surface area (Å²) in [5.41, 5.74) is 2.48. The zero-order valence-corrected chi connectivity index (χ0v) is 13.0. The van der Waals surface area contributed by atoms with Crippen molar-refractivity contribution in [3.05, 3.63) is 35.3 Å². The van der Waals surface area contributed by atoms with E-state index >= 15 is 0 Å². The molecule has 1 aromatic heterocycles. The van der Waals surface area contributed by atoms with Gasteiger partial charge < -0.3 is 4.74 Å². The summed E-state index contributed by atoms with van der Waals surface area (Å²) in [4.78, 5) is 11.6. The lowest BCUT2D eigenvalue weighted by atomic mass is 9.98. The van der Waals surface area contributed by atoms with E-state index in [-0.39, 0.29) is 11.4 Å². The molecule has 0 unspecified atom stereocenters. The lowest BCUT2D eigenvalue weighted by Crippen LogP contribution is -2.09. The molecule has 0 saturated heterocycles. The number of hydrogen-bond acceptors (Lipinski definition) is 4. The number of rotatable bonds is 3. The first-order chi connectivity index (χ1) is 9.41. The van der Waals surface area contributed by atoms with E-state index in [1.165, 1.54) is 0 Å². The SMILES string of the molecule is CCOC(=O)c1ccc(-n2nnc(C(C)(C)C)p2)cc1. The Kier molecular flexibility index (Phi) is 4.19. The summed E-state index contributed by atoms with van der Waals surface area (Å²) in [6.45, 7) is 8.51. The molecule has 0 N–H and O–H groups in total. The highest BCUT2D eigenvalue weighted by Crippen LogP contribution is 2.28. The summed E-state index contributed by atoms with van der Waals surface area (Å²) < 4.78 is 6.76. The smallest absolute Gasteiger partial charge is 0.338 e. The maximum absolute atomic E-state index is 11.6. The number of ether oxygens (including phenoxy) is 1. The molecular weight excluding hydrogens is 273 g/mol. The Morgan fingerprint density at radius 3 is 2.45 bits per heavy atom. The molecule has 6 heteroatoms. The van der Waals surface area contributed by atoms with Crippen molar-refractivity contribution in [1.82, 2.24) is 14.8 Å². The van der Waals surface area contributed by atoms with Crippen LogP contribution in [0.1, 0.15) is 43.5 Å². The molecule has 0 spiro atoms. The molecule has 0 fully saturated rings. The van der Waals surface area contributed by atoms with Crippen molar-refractivity contribution in [2.75, 3.05) is 6.61 Å². The third kappa shape index (κ3) is 3.23. The molecular formula is C14H18N3O2P. The van der Waals surface area contributed by atoms with E-state index in [9.17, 15) is 4.79 Å². The fourth-order valence-corrected chi connectivity index (χ4v) is 2.46. The van der Waals surface area contributed by atoms with Gasteiger partial charge in [-0.25, -0.2) is 4.79 Å². The number of benzene rings is 1. The number of hydrogen-bond donors (Lipinski definition) is 0. The van der Waals surface area contributed by atoms with Gasteiger partial charge in [-0.15, -0.1) is 5.10 Å². The van der Waals surface area contributed by atoms with E-state index in [4.69, 9.17) is 4.74 Å². The second-order valence-corrected chi connectivity index (χ2v) is 6.42. The number of aromatic nitrogens is 3. The van der Waals surface area contributed by atoms with E-state index < -0.39 is 0 Å². The number of esters is 1. The zero-order valence-electron chi connectivity index (χ0n) is 12.1. The first-order valence-corrected chi connectivity index (χ1v) is 7.34. The van der Waals surface area contributed by atoms with Crippen LogP contribution in [0.4, 0.5) is 0 Å². The van der Waals surface area contributed by atoms with Crippen molar-refractivity contribution >= 4 is 14.3 Å². The lowest BCUT2D eigenvalue weighted by Gasteiger charge is -2.12. The Hall–Kier alpha value is -1.74. The summed E-state index contributed by atoms with van der Waals surface area (Å²) in [6.07, 6.45) is 0. The van der Waals surface area contributed by atoms with Crippen LogP contribution in [0.3, 0.4) is 0 Å². The van der Waals surface area contributed by atoms with Gasteiger partial charge in [0.1, 0.15) is 5.43 Å². The van der Waals surface area contributed by atoms with Crippen LogP contribution in [0.25, 0.3) is 5.69 Å². The maximum atomic E-state index is 11.6. The van der Waals surface area contributed by atoms with Crippen LogP contribution in [0, 0.1) is 0 Å². The molecule has 0 radical (unpaired) electrons. The molecule has 0 aliphatic rings. The molecule has 0 amide bonds. The fourth-order valence-electron chi connectivity index (χ4n) is 1.57. The first kappa shape index (κ1) is 14.7. The first-order valence-electron chi connectivity index (χ1n) is 6.50. The number of carbonyl (C=O) groups is 1.